The third-order valence-corrected chi connectivity index (χ3v) is 3.09. The van der Waals surface area contributed by atoms with Crippen LogP contribution in [0.25, 0.3) is 0 Å². The number of anilines is 1. The largest absolute Gasteiger partial charge is 0.454 e. The van der Waals surface area contributed by atoms with Crippen molar-refractivity contribution in [3.05, 3.63) is 18.2 Å². The molecule has 1 N–H and O–H groups in total. The Balaban J connectivity index is 1.83. The molecule has 86 valence electrons. The maximum absolute atomic E-state index is 5.39. The molecule has 3 rings (SSSR count). The zero-order valence-electron chi connectivity index (χ0n) is 9.40. The zero-order chi connectivity index (χ0) is 11.0. The van der Waals surface area contributed by atoms with Crippen LogP contribution in [0, 0.1) is 0 Å². The van der Waals surface area contributed by atoms with Crippen LogP contribution in [0.2, 0.25) is 0 Å². The molecule has 2 aliphatic heterocycles. The van der Waals surface area contributed by atoms with E-state index >= 15 is 0 Å². The van der Waals surface area contributed by atoms with E-state index in [-0.39, 0.29) is 0 Å². The summed E-state index contributed by atoms with van der Waals surface area (Å²) in [5.41, 5.74) is 1.22. The van der Waals surface area contributed by atoms with Gasteiger partial charge in [0.1, 0.15) is 0 Å². The fourth-order valence-corrected chi connectivity index (χ4v) is 2.25. The van der Waals surface area contributed by atoms with Gasteiger partial charge in [0.15, 0.2) is 11.5 Å². The van der Waals surface area contributed by atoms with Gasteiger partial charge in [-0.3, -0.25) is 0 Å². The highest BCUT2D eigenvalue weighted by molar-refractivity contribution is 5.57. The molecule has 0 aromatic heterocycles. The van der Waals surface area contributed by atoms with E-state index in [0.717, 1.165) is 31.1 Å². The Morgan fingerprint density at radius 2 is 2.19 bits per heavy atom. The second-order valence-electron chi connectivity index (χ2n) is 4.34. The Hall–Kier alpha value is -1.42. The molecule has 0 saturated carbocycles. The van der Waals surface area contributed by atoms with Crippen LogP contribution in [-0.2, 0) is 0 Å². The lowest BCUT2D eigenvalue weighted by Crippen LogP contribution is -2.49. The molecule has 0 amide bonds. The van der Waals surface area contributed by atoms with Crippen LogP contribution < -0.4 is 19.7 Å². The number of nitrogens with one attached hydrogen (secondary N) is 1. The molecule has 0 radical (unpaired) electrons. The van der Waals surface area contributed by atoms with E-state index in [4.69, 9.17) is 9.47 Å². The first kappa shape index (κ1) is 9.78. The lowest BCUT2D eigenvalue weighted by atomic mass is 10.2. The zero-order valence-corrected chi connectivity index (χ0v) is 9.40. The Morgan fingerprint density at radius 1 is 1.31 bits per heavy atom. The smallest absolute Gasteiger partial charge is 0.231 e. The summed E-state index contributed by atoms with van der Waals surface area (Å²) < 4.78 is 10.7. The SMILES string of the molecule is C[C@@H]1CN(c2ccc3c(c2)OCO3)CCN1. The third-order valence-electron chi connectivity index (χ3n) is 3.09. The number of benzene rings is 1. The first-order chi connectivity index (χ1) is 7.83. The van der Waals surface area contributed by atoms with Crippen LogP contribution in [0.3, 0.4) is 0 Å². The predicted octanol–water partition coefficient (Wildman–Crippen LogP) is 1.21. The summed E-state index contributed by atoms with van der Waals surface area (Å²) in [6, 6.07) is 6.70. The van der Waals surface area contributed by atoms with Gasteiger partial charge in [-0.15, -0.1) is 0 Å². The second-order valence-corrected chi connectivity index (χ2v) is 4.34. The minimum Gasteiger partial charge on any atom is -0.454 e. The normalized spacial score (nSPS) is 23.6. The molecule has 0 bridgehead atoms. The third kappa shape index (κ3) is 1.69. The number of rotatable bonds is 1. The van der Waals surface area contributed by atoms with E-state index in [1.165, 1.54) is 5.69 Å². The minimum absolute atomic E-state index is 0.344. The molecule has 1 aromatic carbocycles. The molecule has 4 nitrogen and oxygen atoms in total. The van der Waals surface area contributed by atoms with Gasteiger partial charge in [-0.1, -0.05) is 0 Å². The highest BCUT2D eigenvalue weighted by Crippen LogP contribution is 2.35. The topological polar surface area (TPSA) is 33.7 Å². The van der Waals surface area contributed by atoms with Gasteiger partial charge >= 0.3 is 0 Å². The molecule has 2 heterocycles. The highest BCUT2D eigenvalue weighted by Gasteiger charge is 2.19. The van der Waals surface area contributed by atoms with Crippen molar-refractivity contribution >= 4 is 5.69 Å². The van der Waals surface area contributed by atoms with Crippen molar-refractivity contribution in [2.75, 3.05) is 31.3 Å². The van der Waals surface area contributed by atoms with Gasteiger partial charge in [0.2, 0.25) is 6.79 Å². The van der Waals surface area contributed by atoms with Crippen molar-refractivity contribution in [2.24, 2.45) is 0 Å². The molecule has 1 fully saturated rings. The molecule has 0 unspecified atom stereocenters. The van der Waals surface area contributed by atoms with Gasteiger partial charge in [0.25, 0.3) is 0 Å². The first-order valence-electron chi connectivity index (χ1n) is 5.71. The maximum atomic E-state index is 5.39. The summed E-state index contributed by atoms with van der Waals surface area (Å²) in [4.78, 5) is 2.38. The molecular weight excluding hydrogens is 204 g/mol. The quantitative estimate of drug-likeness (QED) is 0.771. The van der Waals surface area contributed by atoms with Gasteiger partial charge in [-0.25, -0.2) is 0 Å². The van der Waals surface area contributed by atoms with Crippen molar-refractivity contribution in [1.29, 1.82) is 0 Å². The number of piperazine rings is 1. The Kier molecular flexibility index (Phi) is 2.36. The summed E-state index contributed by atoms with van der Waals surface area (Å²) in [6.07, 6.45) is 0. The van der Waals surface area contributed by atoms with E-state index in [1.54, 1.807) is 0 Å². The molecule has 1 aromatic rings. The number of hydrogen-bond acceptors (Lipinski definition) is 4. The number of hydrogen-bond donors (Lipinski definition) is 1. The standard InChI is InChI=1S/C12H16N2O2/c1-9-7-14(5-4-13-9)10-2-3-11-12(6-10)16-8-15-11/h2-3,6,9,13H,4-5,7-8H2,1H3/t9-/m1/s1. The highest BCUT2D eigenvalue weighted by atomic mass is 16.7. The van der Waals surface area contributed by atoms with Crippen molar-refractivity contribution in [1.82, 2.24) is 5.32 Å². The van der Waals surface area contributed by atoms with Gasteiger partial charge in [-0.2, -0.15) is 0 Å². The molecule has 2 aliphatic rings. The minimum atomic E-state index is 0.344. The van der Waals surface area contributed by atoms with Crippen molar-refractivity contribution in [2.45, 2.75) is 13.0 Å². The van der Waals surface area contributed by atoms with Crippen LogP contribution in [-0.4, -0.2) is 32.5 Å². The predicted molar refractivity (Wildman–Crippen MR) is 62.2 cm³/mol. The summed E-state index contributed by atoms with van der Waals surface area (Å²) in [7, 11) is 0. The fraction of sp³-hybridized carbons (Fsp3) is 0.500. The molecule has 1 atom stereocenters. The summed E-state index contributed by atoms with van der Waals surface area (Å²) >= 11 is 0. The van der Waals surface area contributed by atoms with E-state index in [0.29, 0.717) is 12.8 Å². The van der Waals surface area contributed by atoms with Gasteiger partial charge in [0, 0.05) is 37.4 Å². The van der Waals surface area contributed by atoms with Crippen molar-refractivity contribution < 1.29 is 9.47 Å². The van der Waals surface area contributed by atoms with Crippen LogP contribution in [0.1, 0.15) is 6.92 Å². The molecule has 0 aliphatic carbocycles. The van der Waals surface area contributed by atoms with Crippen molar-refractivity contribution in [3.63, 3.8) is 0 Å². The number of fused-ring (bicyclic) bond motifs is 1. The van der Waals surface area contributed by atoms with Gasteiger partial charge in [-0.05, 0) is 19.1 Å². The van der Waals surface area contributed by atoms with E-state index in [1.807, 2.05) is 6.07 Å². The Labute approximate surface area is 95.1 Å². The first-order valence-corrected chi connectivity index (χ1v) is 5.71. The maximum Gasteiger partial charge on any atom is 0.231 e. The van der Waals surface area contributed by atoms with Gasteiger partial charge in [0.05, 0.1) is 0 Å². The Bertz CT molecular complexity index is 395. The monoisotopic (exact) mass is 220 g/mol. The van der Waals surface area contributed by atoms with Crippen LogP contribution in [0.5, 0.6) is 11.5 Å². The molecule has 4 heteroatoms. The average molecular weight is 220 g/mol. The average Bonchev–Trinajstić information content (AvgIpc) is 2.75. The van der Waals surface area contributed by atoms with Crippen LogP contribution in [0.15, 0.2) is 18.2 Å². The lowest BCUT2D eigenvalue weighted by Gasteiger charge is -2.33. The molecule has 0 spiro atoms. The fourth-order valence-electron chi connectivity index (χ4n) is 2.25. The number of nitrogens with zero attached hydrogens (tertiary/aromatic N) is 1. The molecular formula is C12H16N2O2. The molecule has 16 heavy (non-hydrogen) atoms. The lowest BCUT2D eigenvalue weighted by molar-refractivity contribution is 0.174. The van der Waals surface area contributed by atoms with E-state index < -0.39 is 0 Å². The van der Waals surface area contributed by atoms with Crippen molar-refractivity contribution in [3.8, 4) is 11.5 Å². The van der Waals surface area contributed by atoms with Crippen LogP contribution >= 0.6 is 0 Å². The number of ether oxygens (including phenoxy) is 2. The molecule has 1 saturated heterocycles. The van der Waals surface area contributed by atoms with E-state index in [9.17, 15) is 0 Å². The Morgan fingerprint density at radius 3 is 3.06 bits per heavy atom. The summed E-state index contributed by atoms with van der Waals surface area (Å²) in [5, 5.41) is 3.44. The van der Waals surface area contributed by atoms with Crippen LogP contribution in [0.4, 0.5) is 5.69 Å². The second kappa shape index (κ2) is 3.87. The van der Waals surface area contributed by atoms with Gasteiger partial charge < -0.3 is 19.7 Å². The summed E-state index contributed by atoms with van der Waals surface area (Å²) in [5.74, 6) is 1.72. The summed E-state index contributed by atoms with van der Waals surface area (Å²) in [6.45, 7) is 5.68. The van der Waals surface area contributed by atoms with E-state index in [2.05, 4.69) is 29.3 Å².